The predicted molar refractivity (Wildman–Crippen MR) is 30.2 cm³/mol. The molecule has 2 heteroatoms. The van der Waals surface area contributed by atoms with Gasteiger partial charge in [0.2, 0.25) is 0 Å². The van der Waals surface area contributed by atoms with Crippen molar-refractivity contribution < 1.29 is 35.6 Å². The molecule has 43 valence electrons. The van der Waals surface area contributed by atoms with E-state index in [2.05, 4.69) is 13.8 Å². The maximum atomic E-state index is 3.68. The molecule has 0 aliphatic carbocycles. The third-order valence-electron chi connectivity index (χ3n) is 0.604. The number of hydrogen-bond acceptors (Lipinski definition) is 0. The molecule has 0 heterocycles. The Morgan fingerprint density at radius 1 is 1.43 bits per heavy atom. The number of nitrogens with two attached hydrogens (primary N) is 1. The van der Waals surface area contributed by atoms with Gasteiger partial charge in [0.15, 0.2) is 0 Å². The van der Waals surface area contributed by atoms with Crippen molar-refractivity contribution in [1.29, 1.82) is 0 Å². The van der Waals surface area contributed by atoms with Gasteiger partial charge in [0.1, 0.15) is 0 Å². The van der Waals surface area contributed by atoms with Crippen molar-refractivity contribution in [3.05, 3.63) is 13.1 Å². The fourth-order valence-electron chi connectivity index (χ4n) is 0.250. The molecular weight excluding hydrogens is 213 g/mol. The normalized spacial score (nSPS) is 6.00. The molecule has 1 nitrogen and oxygen atoms in total. The molecule has 0 atom stereocenters. The van der Waals surface area contributed by atoms with E-state index < -0.39 is 0 Å². The first-order chi connectivity index (χ1) is 2.41. The predicted octanol–water partition coefficient (Wildman–Crippen LogP) is 2.73. The summed E-state index contributed by atoms with van der Waals surface area (Å²) in [5.41, 5.74) is 0. The summed E-state index contributed by atoms with van der Waals surface area (Å²) in [5, 5.41) is 0. The molecule has 0 aliphatic rings. The van der Waals surface area contributed by atoms with Crippen LogP contribution in [0, 0.1) is 42.5 Å². The summed E-state index contributed by atoms with van der Waals surface area (Å²) in [7, 11) is 0. The Kier molecular flexibility index (Phi) is 35.2. The van der Waals surface area contributed by atoms with Crippen LogP contribution in [0.2, 0.25) is 0 Å². The molecule has 0 saturated heterocycles. The van der Waals surface area contributed by atoms with Gasteiger partial charge in [-0.15, -0.1) is 0 Å². The van der Waals surface area contributed by atoms with Gasteiger partial charge in [-0.25, -0.2) is 0 Å². The van der Waals surface area contributed by atoms with Crippen LogP contribution >= 0.6 is 0 Å². The van der Waals surface area contributed by atoms with Crippen molar-refractivity contribution >= 4 is 0 Å². The Morgan fingerprint density at radius 3 is 1.86 bits per heavy atom. The van der Waals surface area contributed by atoms with Crippen LogP contribution < -0.4 is 0 Å². The van der Waals surface area contributed by atoms with Crippen molar-refractivity contribution in [2.45, 2.75) is 26.2 Å². The van der Waals surface area contributed by atoms with E-state index in [1.165, 1.54) is 12.8 Å². The van der Waals surface area contributed by atoms with Gasteiger partial charge < -0.3 is 13.1 Å². The minimum Gasteiger partial charge on any atom is -0.693 e. The Labute approximate surface area is 74.4 Å². The third-order valence-corrected chi connectivity index (χ3v) is 0.604. The maximum absolute atomic E-state index is 3.68. The molecule has 0 amide bonds. The molecule has 0 fully saturated rings. The Balaban J connectivity index is -0.0000000800. The van der Waals surface area contributed by atoms with Crippen LogP contribution in [-0.2, 0) is 0 Å². The van der Waals surface area contributed by atoms with E-state index in [1.54, 1.807) is 0 Å². The van der Waals surface area contributed by atoms with Crippen LogP contribution in [0.5, 0.6) is 0 Å². The molecule has 0 aromatic rings. The van der Waals surface area contributed by atoms with Crippen molar-refractivity contribution in [1.82, 2.24) is 0 Å². The summed E-state index contributed by atoms with van der Waals surface area (Å²) in [6, 6.07) is 0. The quantitative estimate of drug-likeness (QED) is 0.648. The molecule has 2 N–H and O–H groups in total. The molecule has 7 heavy (non-hydrogen) atoms. The molecule has 0 saturated carbocycles. The summed E-state index contributed by atoms with van der Waals surface area (Å²) in [6.07, 6.45) is 3.65. The monoisotopic (exact) mass is 226 g/mol. The van der Waals surface area contributed by atoms with Gasteiger partial charge in [-0.3, -0.25) is 0 Å². The van der Waals surface area contributed by atoms with Crippen LogP contribution in [0.1, 0.15) is 26.2 Å². The van der Waals surface area contributed by atoms with Crippen molar-refractivity contribution in [2.75, 3.05) is 0 Å². The first-order valence-corrected chi connectivity index (χ1v) is 2.21. The fourth-order valence-corrected chi connectivity index (χ4v) is 0.250. The van der Waals surface area contributed by atoms with Crippen molar-refractivity contribution in [3.8, 4) is 0 Å². The molecule has 0 unspecified atom stereocenters. The van der Waals surface area contributed by atoms with Crippen molar-refractivity contribution in [3.63, 3.8) is 0 Å². The summed E-state index contributed by atoms with van der Waals surface area (Å²) < 4.78 is 0. The van der Waals surface area contributed by atoms with Gasteiger partial charge in [0, 0.05) is 35.6 Å². The molecule has 0 aliphatic heterocycles. The Morgan fingerprint density at radius 2 is 1.86 bits per heavy atom. The zero-order chi connectivity index (χ0) is 4.12. The minimum atomic E-state index is 0. The molecule has 0 rings (SSSR count). The van der Waals surface area contributed by atoms with E-state index in [0.717, 1.165) is 6.42 Å². The second kappa shape index (κ2) is 15.7. The average Bonchev–Trinajstić information content (AvgIpc) is 1.41. The molecule has 0 bridgehead atoms. The average molecular weight is 226 g/mol. The summed E-state index contributed by atoms with van der Waals surface area (Å²) in [5.74, 6) is 0. The largest absolute Gasteiger partial charge is 0.693 e. The maximum Gasteiger partial charge on any atom is 0 e. The van der Waals surface area contributed by atoms with Crippen LogP contribution in [-0.4, -0.2) is 0 Å². The van der Waals surface area contributed by atoms with Gasteiger partial charge in [-0.1, -0.05) is 19.8 Å². The zero-order valence-corrected chi connectivity index (χ0v) is 8.61. The second-order valence-corrected chi connectivity index (χ2v) is 1.21. The number of rotatable bonds is 2. The minimum absolute atomic E-state index is 0. The summed E-state index contributed by atoms with van der Waals surface area (Å²) in [4.78, 5) is 0. The first-order valence-electron chi connectivity index (χ1n) is 2.21. The molecule has 0 aromatic heterocycles. The molecule has 0 aromatic carbocycles. The molecular formula is C5H13LaN-2. The third kappa shape index (κ3) is 19.1. The van der Waals surface area contributed by atoms with Crippen LogP contribution in [0.4, 0.5) is 0 Å². The van der Waals surface area contributed by atoms with Crippen LogP contribution in [0.3, 0.4) is 0 Å². The summed E-state index contributed by atoms with van der Waals surface area (Å²) in [6.45, 7) is 5.85. The van der Waals surface area contributed by atoms with Gasteiger partial charge in [-0.05, 0) is 0 Å². The van der Waals surface area contributed by atoms with Gasteiger partial charge in [-0.2, -0.15) is 6.42 Å². The topological polar surface area (TPSA) is 33.5 Å². The van der Waals surface area contributed by atoms with Gasteiger partial charge >= 0.3 is 0 Å². The van der Waals surface area contributed by atoms with E-state index in [1.807, 2.05) is 0 Å². The first kappa shape index (κ1) is 15.7. The number of unbranched alkanes of at least 4 members (excludes halogenated alkanes) is 2. The van der Waals surface area contributed by atoms with E-state index in [9.17, 15) is 0 Å². The van der Waals surface area contributed by atoms with Crippen LogP contribution in [0.25, 0.3) is 6.15 Å². The van der Waals surface area contributed by atoms with E-state index in [-0.39, 0.29) is 41.7 Å². The molecule has 0 spiro atoms. The van der Waals surface area contributed by atoms with Gasteiger partial charge in [0.25, 0.3) is 0 Å². The molecule has 1 radical (unpaired) electrons. The van der Waals surface area contributed by atoms with Crippen molar-refractivity contribution in [2.24, 2.45) is 0 Å². The van der Waals surface area contributed by atoms with E-state index >= 15 is 0 Å². The Bertz CT molecular complexity index is 15.6. The second-order valence-electron chi connectivity index (χ2n) is 1.21. The van der Waals surface area contributed by atoms with E-state index in [4.69, 9.17) is 0 Å². The SMILES string of the molecule is [CH2-]CCCC.[La].[NH2-]. The van der Waals surface area contributed by atoms with Gasteiger partial charge in [0.05, 0.1) is 0 Å². The Hall–Kier alpha value is 1.15. The smallest absolute Gasteiger partial charge is 0 e. The van der Waals surface area contributed by atoms with E-state index in [0.29, 0.717) is 0 Å². The fraction of sp³-hybridized carbons (Fsp3) is 0.800. The number of hydrogen-bond donors (Lipinski definition) is 0. The standard InChI is InChI=1S/C5H11.La.H2N/c1-3-5-4-2;;/h1,3-5H2,2H3;;1H2/q-1;;-1. The summed E-state index contributed by atoms with van der Waals surface area (Å²) >= 11 is 0. The zero-order valence-electron chi connectivity index (χ0n) is 4.98. The van der Waals surface area contributed by atoms with Crippen LogP contribution in [0.15, 0.2) is 0 Å².